The van der Waals surface area contributed by atoms with Crippen molar-refractivity contribution in [1.82, 2.24) is 0 Å². The molecule has 8 aromatic carbocycles. The molecular formula is C54H41NO. The highest BCUT2D eigenvalue weighted by Gasteiger charge is 2.39. The molecule has 0 atom stereocenters. The summed E-state index contributed by atoms with van der Waals surface area (Å²) in [4.78, 5) is 2.48. The molecule has 0 N–H and O–H groups in total. The highest BCUT2D eigenvalue weighted by Crippen LogP contribution is 2.55. The second-order valence-corrected chi connectivity index (χ2v) is 16.5. The van der Waals surface area contributed by atoms with Crippen LogP contribution in [0.15, 0.2) is 180 Å². The molecule has 0 radical (unpaired) electrons. The minimum Gasteiger partial charge on any atom is -0.456 e. The molecule has 1 aromatic heterocycles. The first-order valence-corrected chi connectivity index (χ1v) is 19.7. The third kappa shape index (κ3) is 4.69. The highest BCUT2D eigenvalue weighted by atomic mass is 16.3. The minimum atomic E-state index is -0.197. The van der Waals surface area contributed by atoms with Crippen molar-refractivity contribution in [3.8, 4) is 44.5 Å². The van der Waals surface area contributed by atoms with Gasteiger partial charge >= 0.3 is 0 Å². The molecule has 11 rings (SSSR count). The summed E-state index contributed by atoms with van der Waals surface area (Å²) in [5, 5.41) is 2.28. The van der Waals surface area contributed by atoms with Crippen LogP contribution in [0.2, 0.25) is 0 Å². The van der Waals surface area contributed by atoms with Crippen molar-refractivity contribution >= 4 is 39.0 Å². The molecule has 0 amide bonds. The van der Waals surface area contributed by atoms with Gasteiger partial charge in [0.15, 0.2) is 0 Å². The van der Waals surface area contributed by atoms with Gasteiger partial charge in [0.2, 0.25) is 0 Å². The lowest BCUT2D eigenvalue weighted by atomic mass is 9.81. The molecule has 0 bridgehead atoms. The summed E-state index contributed by atoms with van der Waals surface area (Å²) in [5.74, 6) is 0. The van der Waals surface area contributed by atoms with Gasteiger partial charge in [0.25, 0.3) is 0 Å². The highest BCUT2D eigenvalue weighted by molar-refractivity contribution is 6.12. The van der Waals surface area contributed by atoms with E-state index in [0.29, 0.717) is 0 Å². The van der Waals surface area contributed by atoms with E-state index in [9.17, 15) is 0 Å². The lowest BCUT2D eigenvalue weighted by molar-refractivity contribution is 0.660. The number of fused-ring (bicyclic) bond motifs is 9. The van der Waals surface area contributed by atoms with Gasteiger partial charge in [-0.2, -0.15) is 0 Å². The normalized spacial score (nSPS) is 14.4. The second-order valence-electron chi connectivity index (χ2n) is 16.5. The fourth-order valence-electron chi connectivity index (χ4n) is 9.98. The van der Waals surface area contributed by atoms with Gasteiger partial charge in [0.1, 0.15) is 11.2 Å². The van der Waals surface area contributed by atoms with Crippen molar-refractivity contribution < 1.29 is 4.42 Å². The Labute approximate surface area is 328 Å². The van der Waals surface area contributed by atoms with Gasteiger partial charge < -0.3 is 9.32 Å². The lowest BCUT2D eigenvalue weighted by Crippen LogP contribution is -2.20. The van der Waals surface area contributed by atoms with Crippen LogP contribution in [-0.4, -0.2) is 0 Å². The fourth-order valence-corrected chi connectivity index (χ4v) is 9.98. The number of hydrogen-bond acceptors (Lipinski definition) is 2. The third-order valence-electron chi connectivity index (χ3n) is 12.6. The van der Waals surface area contributed by atoms with E-state index < -0.39 is 0 Å². The lowest BCUT2D eigenvalue weighted by Gasteiger charge is -2.32. The maximum Gasteiger partial charge on any atom is 0.136 e. The van der Waals surface area contributed by atoms with Crippen LogP contribution in [-0.2, 0) is 10.8 Å². The number of anilines is 3. The molecule has 2 aliphatic carbocycles. The zero-order valence-corrected chi connectivity index (χ0v) is 32.1. The molecule has 0 spiro atoms. The molecule has 2 aliphatic rings. The van der Waals surface area contributed by atoms with Crippen LogP contribution in [0.5, 0.6) is 0 Å². The number of benzene rings is 8. The van der Waals surface area contributed by atoms with E-state index in [2.05, 4.69) is 202 Å². The van der Waals surface area contributed by atoms with E-state index in [-0.39, 0.29) is 10.8 Å². The van der Waals surface area contributed by atoms with Crippen molar-refractivity contribution in [3.05, 3.63) is 198 Å². The third-order valence-corrected chi connectivity index (χ3v) is 12.6. The Morgan fingerprint density at radius 1 is 0.393 bits per heavy atom. The zero-order valence-electron chi connectivity index (χ0n) is 32.1. The summed E-state index contributed by atoms with van der Waals surface area (Å²) < 4.78 is 6.34. The Kier molecular flexibility index (Phi) is 6.98. The van der Waals surface area contributed by atoms with Gasteiger partial charge in [-0.05, 0) is 115 Å². The Morgan fingerprint density at radius 3 is 1.75 bits per heavy atom. The van der Waals surface area contributed by atoms with Crippen molar-refractivity contribution in [2.45, 2.75) is 38.5 Å². The van der Waals surface area contributed by atoms with Crippen LogP contribution in [0.4, 0.5) is 17.1 Å². The van der Waals surface area contributed by atoms with Gasteiger partial charge in [-0.25, -0.2) is 0 Å². The van der Waals surface area contributed by atoms with E-state index in [1.165, 1.54) is 61.3 Å². The molecule has 2 heteroatoms. The molecule has 1 heterocycles. The SMILES string of the molecule is CC1(C)c2ccccc2-c2cc(-c3cccc(N(c4cccc(-c5cccc6oc7ccccc7c56)c4)c4cccc5c4C(C)(C)c4ccccc4-5)c3)ccc21. The molecule has 268 valence electrons. The number of para-hydroxylation sites is 1. The molecule has 0 unspecified atom stereocenters. The van der Waals surface area contributed by atoms with E-state index in [1.54, 1.807) is 0 Å². The van der Waals surface area contributed by atoms with Gasteiger partial charge in [-0.1, -0.05) is 155 Å². The molecule has 56 heavy (non-hydrogen) atoms. The monoisotopic (exact) mass is 719 g/mol. The van der Waals surface area contributed by atoms with Crippen molar-refractivity contribution in [1.29, 1.82) is 0 Å². The Bertz CT molecular complexity index is 3050. The summed E-state index contributed by atoms with van der Waals surface area (Å²) in [5.41, 5.74) is 20.5. The average molecular weight is 720 g/mol. The summed E-state index contributed by atoms with van der Waals surface area (Å²) in [6, 6.07) is 64.6. The smallest absolute Gasteiger partial charge is 0.136 e. The summed E-state index contributed by atoms with van der Waals surface area (Å²) in [6.45, 7) is 9.44. The number of furan rings is 1. The van der Waals surface area contributed by atoms with Crippen LogP contribution >= 0.6 is 0 Å². The van der Waals surface area contributed by atoms with E-state index in [4.69, 9.17) is 4.42 Å². The Morgan fingerprint density at radius 2 is 0.946 bits per heavy atom. The topological polar surface area (TPSA) is 16.4 Å². The fraction of sp³-hybridized carbons (Fsp3) is 0.111. The molecule has 2 nitrogen and oxygen atoms in total. The van der Waals surface area contributed by atoms with Crippen LogP contribution in [0, 0.1) is 0 Å². The van der Waals surface area contributed by atoms with Gasteiger partial charge in [0.05, 0.1) is 5.69 Å². The van der Waals surface area contributed by atoms with E-state index in [0.717, 1.165) is 44.4 Å². The molecule has 0 fully saturated rings. The van der Waals surface area contributed by atoms with Crippen molar-refractivity contribution in [2.24, 2.45) is 0 Å². The molecule has 0 saturated carbocycles. The Hall–Kier alpha value is -6.64. The van der Waals surface area contributed by atoms with Gasteiger partial charge in [-0.3, -0.25) is 0 Å². The van der Waals surface area contributed by atoms with Gasteiger partial charge in [0, 0.05) is 33.0 Å². The largest absolute Gasteiger partial charge is 0.456 e. The Balaban J connectivity index is 1.12. The van der Waals surface area contributed by atoms with Crippen molar-refractivity contribution in [2.75, 3.05) is 4.90 Å². The van der Waals surface area contributed by atoms with Crippen LogP contribution in [0.25, 0.3) is 66.4 Å². The van der Waals surface area contributed by atoms with Crippen LogP contribution in [0.3, 0.4) is 0 Å². The maximum atomic E-state index is 6.34. The van der Waals surface area contributed by atoms with E-state index in [1.807, 2.05) is 6.07 Å². The number of nitrogens with zero attached hydrogens (tertiary/aromatic N) is 1. The van der Waals surface area contributed by atoms with Crippen LogP contribution < -0.4 is 4.90 Å². The molecule has 0 saturated heterocycles. The maximum absolute atomic E-state index is 6.34. The van der Waals surface area contributed by atoms with Crippen molar-refractivity contribution in [3.63, 3.8) is 0 Å². The van der Waals surface area contributed by atoms with Gasteiger partial charge in [-0.15, -0.1) is 0 Å². The standard InChI is InChI=1S/C54H41NO/c1-53(2)45-24-8-6-20-41(45)44-33-35(29-30-47(44)53)34-15-11-17-37(31-34)55(48-26-13-23-42-40-19-5-9-25-46(40)54(3,4)52(42)48)38-18-12-16-36(32-38)39-22-14-28-50-51(39)43-21-7-10-27-49(43)56-50/h5-33H,1-4H3. The van der Waals surface area contributed by atoms with Crippen LogP contribution in [0.1, 0.15) is 49.9 Å². The number of rotatable bonds is 5. The minimum absolute atomic E-state index is 0.0285. The average Bonchev–Trinajstić information content (AvgIpc) is 3.81. The predicted molar refractivity (Wildman–Crippen MR) is 234 cm³/mol. The molecule has 9 aromatic rings. The first-order valence-electron chi connectivity index (χ1n) is 19.7. The zero-order chi connectivity index (χ0) is 37.8. The first-order chi connectivity index (χ1) is 27.3. The first kappa shape index (κ1) is 32.8. The summed E-state index contributed by atoms with van der Waals surface area (Å²) in [6.07, 6.45) is 0. The summed E-state index contributed by atoms with van der Waals surface area (Å²) in [7, 11) is 0. The number of hydrogen-bond donors (Lipinski definition) is 0. The molecule has 0 aliphatic heterocycles. The second kappa shape index (κ2) is 11.9. The summed E-state index contributed by atoms with van der Waals surface area (Å²) >= 11 is 0. The predicted octanol–water partition coefficient (Wildman–Crippen LogP) is 15.0. The van der Waals surface area contributed by atoms with E-state index >= 15 is 0 Å². The molecular weight excluding hydrogens is 679 g/mol. The quantitative estimate of drug-likeness (QED) is 0.176.